The zero-order valence-corrected chi connectivity index (χ0v) is 13.9. The number of nitrogens with one attached hydrogen (secondary N) is 3. The number of carbonyl (C=O) groups is 1. The van der Waals surface area contributed by atoms with Crippen molar-refractivity contribution in [1.29, 1.82) is 0 Å². The van der Waals surface area contributed by atoms with Crippen LogP contribution in [-0.4, -0.2) is 27.6 Å². The number of nitrogens with zero attached hydrogens (tertiary/aromatic N) is 2. The molecule has 6 nitrogen and oxygen atoms in total. The molecule has 2 aromatic rings. The van der Waals surface area contributed by atoms with Gasteiger partial charge in [-0.3, -0.25) is 9.89 Å². The Morgan fingerprint density at radius 2 is 2.17 bits per heavy atom. The van der Waals surface area contributed by atoms with E-state index in [1.165, 1.54) is 6.33 Å². The number of anilines is 1. The van der Waals surface area contributed by atoms with Gasteiger partial charge in [-0.15, -0.1) is 24.8 Å². The third-order valence-electron chi connectivity index (χ3n) is 3.54. The third-order valence-corrected chi connectivity index (χ3v) is 3.54. The maximum atomic E-state index is 14.4. The molecule has 1 aromatic carbocycles. The second-order valence-electron chi connectivity index (χ2n) is 4.97. The van der Waals surface area contributed by atoms with E-state index in [9.17, 15) is 9.18 Å². The van der Waals surface area contributed by atoms with Gasteiger partial charge in [-0.25, -0.2) is 9.37 Å². The zero-order chi connectivity index (χ0) is 14.7. The Morgan fingerprint density at radius 3 is 2.91 bits per heavy atom. The first-order valence-electron chi connectivity index (χ1n) is 6.89. The Bertz CT molecular complexity index is 651. The summed E-state index contributed by atoms with van der Waals surface area (Å²) < 4.78 is 14.4. The van der Waals surface area contributed by atoms with Gasteiger partial charge in [-0.05, 0) is 30.2 Å². The van der Waals surface area contributed by atoms with Gasteiger partial charge in [-0.1, -0.05) is 6.07 Å². The fraction of sp³-hybridized carbons (Fsp3) is 0.357. The van der Waals surface area contributed by atoms with Crippen LogP contribution in [-0.2, 0) is 24.2 Å². The van der Waals surface area contributed by atoms with Crippen LogP contribution in [0.1, 0.15) is 23.4 Å². The second-order valence-corrected chi connectivity index (χ2v) is 4.97. The molecule has 0 saturated carbocycles. The Morgan fingerprint density at radius 1 is 1.35 bits per heavy atom. The van der Waals surface area contributed by atoms with E-state index in [0.29, 0.717) is 30.8 Å². The smallest absolute Gasteiger partial charge is 0.224 e. The number of fused-ring (bicyclic) bond motifs is 1. The molecule has 1 amide bonds. The summed E-state index contributed by atoms with van der Waals surface area (Å²) in [4.78, 5) is 15.8. The number of carbonyl (C=O) groups excluding carboxylic acids is 1. The molecule has 126 valence electrons. The number of aryl methyl sites for hydroxylation is 1. The summed E-state index contributed by atoms with van der Waals surface area (Å²) in [5.41, 5.74) is 1.90. The first-order valence-corrected chi connectivity index (χ1v) is 6.89. The summed E-state index contributed by atoms with van der Waals surface area (Å²) in [5, 5.41) is 12.2. The van der Waals surface area contributed by atoms with Gasteiger partial charge >= 0.3 is 0 Å². The highest BCUT2D eigenvalue weighted by Gasteiger charge is 2.17. The summed E-state index contributed by atoms with van der Waals surface area (Å²) >= 11 is 0. The van der Waals surface area contributed by atoms with E-state index < -0.39 is 0 Å². The fourth-order valence-corrected chi connectivity index (χ4v) is 2.43. The SMILES string of the molecule is Cl.Cl.O=C(CCc1ncn[nH]1)Nc1ccc2c(c1F)CCNC2. The highest BCUT2D eigenvalue weighted by molar-refractivity contribution is 5.91. The van der Waals surface area contributed by atoms with Gasteiger partial charge in [0.1, 0.15) is 18.0 Å². The quantitative estimate of drug-likeness (QED) is 0.777. The topological polar surface area (TPSA) is 82.7 Å². The van der Waals surface area contributed by atoms with E-state index in [1.807, 2.05) is 6.07 Å². The van der Waals surface area contributed by atoms with Crippen molar-refractivity contribution in [2.45, 2.75) is 25.8 Å². The molecule has 0 saturated heterocycles. The molecule has 9 heteroatoms. The van der Waals surface area contributed by atoms with Gasteiger partial charge in [0.15, 0.2) is 0 Å². The van der Waals surface area contributed by atoms with Crippen LogP contribution in [0.25, 0.3) is 0 Å². The van der Waals surface area contributed by atoms with Crippen molar-refractivity contribution in [3.63, 3.8) is 0 Å². The van der Waals surface area contributed by atoms with Crippen molar-refractivity contribution in [1.82, 2.24) is 20.5 Å². The molecule has 1 aromatic heterocycles. The van der Waals surface area contributed by atoms with Crippen molar-refractivity contribution in [3.8, 4) is 0 Å². The number of halogens is 3. The number of aromatic nitrogens is 3. The number of aromatic amines is 1. The number of amides is 1. The van der Waals surface area contributed by atoms with Gasteiger partial charge in [0.25, 0.3) is 0 Å². The van der Waals surface area contributed by atoms with Crippen LogP contribution in [0, 0.1) is 5.82 Å². The van der Waals surface area contributed by atoms with Gasteiger partial charge in [0.05, 0.1) is 5.69 Å². The van der Waals surface area contributed by atoms with E-state index in [1.54, 1.807) is 6.07 Å². The molecule has 0 spiro atoms. The molecule has 0 fully saturated rings. The number of H-pyrrole nitrogens is 1. The number of hydrogen-bond donors (Lipinski definition) is 3. The lowest BCUT2D eigenvalue weighted by Gasteiger charge is -2.19. The monoisotopic (exact) mass is 361 g/mol. The third kappa shape index (κ3) is 4.63. The lowest BCUT2D eigenvalue weighted by Crippen LogP contribution is -2.25. The molecule has 3 N–H and O–H groups in total. The summed E-state index contributed by atoms with van der Waals surface area (Å²) in [6.07, 6.45) is 2.71. The van der Waals surface area contributed by atoms with Crippen LogP contribution < -0.4 is 10.6 Å². The van der Waals surface area contributed by atoms with Crippen LogP contribution >= 0.6 is 24.8 Å². The molecule has 0 unspecified atom stereocenters. The van der Waals surface area contributed by atoms with Crippen LogP contribution in [0.4, 0.5) is 10.1 Å². The van der Waals surface area contributed by atoms with Crippen molar-refractivity contribution >= 4 is 36.4 Å². The highest BCUT2D eigenvalue weighted by atomic mass is 35.5. The maximum Gasteiger partial charge on any atom is 0.224 e. The molecular weight excluding hydrogens is 344 g/mol. The average molecular weight is 362 g/mol. The lowest BCUT2D eigenvalue weighted by atomic mass is 9.99. The van der Waals surface area contributed by atoms with Crippen molar-refractivity contribution in [2.75, 3.05) is 11.9 Å². The van der Waals surface area contributed by atoms with Gasteiger partial charge in [-0.2, -0.15) is 5.10 Å². The molecule has 0 radical (unpaired) electrons. The second kappa shape index (κ2) is 8.81. The van der Waals surface area contributed by atoms with Gasteiger partial charge in [0.2, 0.25) is 5.91 Å². The Labute approximate surface area is 145 Å². The van der Waals surface area contributed by atoms with Gasteiger partial charge in [0, 0.05) is 19.4 Å². The van der Waals surface area contributed by atoms with Crippen molar-refractivity contribution < 1.29 is 9.18 Å². The van der Waals surface area contributed by atoms with Crippen LogP contribution in [0.2, 0.25) is 0 Å². The summed E-state index contributed by atoms with van der Waals surface area (Å²) in [7, 11) is 0. The minimum absolute atomic E-state index is 0. The van der Waals surface area contributed by atoms with E-state index in [0.717, 1.165) is 12.1 Å². The van der Waals surface area contributed by atoms with E-state index in [4.69, 9.17) is 0 Å². The molecule has 3 rings (SSSR count). The number of hydrogen-bond acceptors (Lipinski definition) is 4. The maximum absolute atomic E-state index is 14.4. The predicted octanol–water partition coefficient (Wildman–Crippen LogP) is 2.00. The predicted molar refractivity (Wildman–Crippen MR) is 89.6 cm³/mol. The first-order chi connectivity index (χ1) is 10.2. The highest BCUT2D eigenvalue weighted by Crippen LogP contribution is 2.24. The minimum atomic E-state index is -0.318. The van der Waals surface area contributed by atoms with Crippen molar-refractivity contribution in [2.24, 2.45) is 0 Å². The van der Waals surface area contributed by atoms with E-state index in [-0.39, 0.29) is 48.6 Å². The largest absolute Gasteiger partial charge is 0.324 e. The molecule has 0 bridgehead atoms. The summed E-state index contributed by atoms with van der Waals surface area (Å²) in [5.74, 6) is 0.0864. The minimum Gasteiger partial charge on any atom is -0.324 e. The fourth-order valence-electron chi connectivity index (χ4n) is 2.43. The first kappa shape index (κ1) is 19.3. The molecule has 2 heterocycles. The molecular formula is C14H18Cl2FN5O. The Hall–Kier alpha value is -1.70. The Balaban J connectivity index is 0.00000132. The molecule has 1 aliphatic heterocycles. The number of rotatable bonds is 4. The van der Waals surface area contributed by atoms with Gasteiger partial charge < -0.3 is 10.6 Å². The average Bonchev–Trinajstić information content (AvgIpc) is 3.02. The zero-order valence-electron chi connectivity index (χ0n) is 12.3. The van der Waals surface area contributed by atoms with E-state index in [2.05, 4.69) is 25.8 Å². The normalized spacial score (nSPS) is 12.6. The molecule has 23 heavy (non-hydrogen) atoms. The lowest BCUT2D eigenvalue weighted by molar-refractivity contribution is -0.116. The van der Waals surface area contributed by atoms with Crippen molar-refractivity contribution in [3.05, 3.63) is 41.2 Å². The van der Waals surface area contributed by atoms with Crippen LogP contribution in [0.5, 0.6) is 0 Å². The summed E-state index contributed by atoms with van der Waals surface area (Å²) in [6, 6.07) is 3.48. The standard InChI is InChI=1S/C14H16FN5O.2ClH/c15-14-10-5-6-16-7-9(10)1-2-11(14)19-13(21)4-3-12-17-8-18-20-12;;/h1-2,8,16H,3-7H2,(H,19,21)(H,17,18,20);2*1H. The van der Waals surface area contributed by atoms with Crippen LogP contribution in [0.15, 0.2) is 18.5 Å². The van der Waals surface area contributed by atoms with E-state index >= 15 is 0 Å². The number of benzene rings is 1. The Kier molecular flexibility index (Phi) is 7.41. The molecule has 1 aliphatic rings. The van der Waals surface area contributed by atoms with Crippen LogP contribution in [0.3, 0.4) is 0 Å². The summed E-state index contributed by atoms with van der Waals surface area (Å²) in [6.45, 7) is 1.43. The molecule has 0 aliphatic carbocycles. The molecule has 0 atom stereocenters.